The third kappa shape index (κ3) is 5.09. The Morgan fingerprint density at radius 1 is 1.53 bits per heavy atom. The summed E-state index contributed by atoms with van der Waals surface area (Å²) in [6, 6.07) is 0.375. The van der Waals surface area contributed by atoms with E-state index in [1.807, 2.05) is 11.9 Å². The maximum atomic E-state index is 12.1. The summed E-state index contributed by atoms with van der Waals surface area (Å²) in [5, 5.41) is 3.11. The van der Waals surface area contributed by atoms with E-state index in [4.69, 9.17) is 4.74 Å². The molecule has 0 aromatic carbocycles. The first-order valence-electron chi connectivity index (χ1n) is 7.27. The highest BCUT2D eigenvalue weighted by Gasteiger charge is 2.30. The predicted octanol–water partition coefficient (Wildman–Crippen LogP) is 0.411. The lowest BCUT2D eigenvalue weighted by Gasteiger charge is -2.41. The zero-order valence-corrected chi connectivity index (χ0v) is 12.8. The molecule has 112 valence electrons. The number of likely N-dealkylation sites (N-methyl/N-ethyl adjacent to an activating group) is 1. The molecule has 0 bridgehead atoms. The molecule has 19 heavy (non-hydrogen) atoms. The molecule has 0 radical (unpaired) electrons. The number of nitrogens with one attached hydrogen (secondary N) is 1. The van der Waals surface area contributed by atoms with Crippen LogP contribution in [0.3, 0.4) is 0 Å². The van der Waals surface area contributed by atoms with Crippen molar-refractivity contribution in [2.24, 2.45) is 5.92 Å². The van der Waals surface area contributed by atoms with Crippen molar-refractivity contribution >= 4 is 5.91 Å². The maximum absolute atomic E-state index is 12.1. The summed E-state index contributed by atoms with van der Waals surface area (Å²) in [4.78, 5) is 16.5. The van der Waals surface area contributed by atoms with Crippen molar-refractivity contribution in [3.05, 3.63) is 0 Å². The molecule has 0 spiro atoms. The fourth-order valence-electron chi connectivity index (χ4n) is 2.76. The summed E-state index contributed by atoms with van der Waals surface area (Å²) in [7, 11) is 3.60. The molecule has 1 aliphatic rings. The number of hydrogen-bond acceptors (Lipinski definition) is 4. The number of carbonyl (C=O) groups is 1. The molecule has 1 aliphatic heterocycles. The van der Waals surface area contributed by atoms with E-state index < -0.39 is 0 Å². The van der Waals surface area contributed by atoms with Crippen molar-refractivity contribution in [2.75, 3.05) is 53.5 Å². The van der Waals surface area contributed by atoms with Crippen LogP contribution in [0.4, 0.5) is 0 Å². The Kier molecular flexibility index (Phi) is 7.34. The molecule has 1 N–H and O–H groups in total. The van der Waals surface area contributed by atoms with Gasteiger partial charge < -0.3 is 19.9 Å². The monoisotopic (exact) mass is 271 g/mol. The lowest BCUT2D eigenvalue weighted by Crippen LogP contribution is -2.52. The first-order chi connectivity index (χ1) is 9.10. The summed E-state index contributed by atoms with van der Waals surface area (Å²) in [6.07, 6.45) is 1.08. The largest absolute Gasteiger partial charge is 0.383 e. The number of hydrogen-bond donors (Lipinski definition) is 1. The van der Waals surface area contributed by atoms with Crippen molar-refractivity contribution in [3.63, 3.8) is 0 Å². The van der Waals surface area contributed by atoms with E-state index in [2.05, 4.69) is 24.1 Å². The topological polar surface area (TPSA) is 44.8 Å². The van der Waals surface area contributed by atoms with Crippen molar-refractivity contribution in [1.29, 1.82) is 0 Å². The van der Waals surface area contributed by atoms with Crippen LogP contribution in [0.25, 0.3) is 0 Å². The second-order valence-electron chi connectivity index (χ2n) is 5.40. The van der Waals surface area contributed by atoms with Crippen molar-refractivity contribution in [1.82, 2.24) is 15.1 Å². The van der Waals surface area contributed by atoms with Gasteiger partial charge in [-0.25, -0.2) is 0 Å². The number of rotatable bonds is 7. The quantitative estimate of drug-likeness (QED) is 0.681. The number of piperidine rings is 1. The van der Waals surface area contributed by atoms with Crippen LogP contribution in [-0.2, 0) is 9.53 Å². The lowest BCUT2D eigenvalue weighted by atomic mass is 9.92. The Balaban J connectivity index is 2.35. The van der Waals surface area contributed by atoms with Crippen LogP contribution in [-0.4, -0.2) is 75.2 Å². The number of methoxy groups -OCH3 is 1. The Bertz CT molecular complexity index is 273. The SMILES string of the molecule is CCN1CCC(N(C)C(=O)CNCCOC)C(C)C1. The van der Waals surface area contributed by atoms with Crippen molar-refractivity contribution in [3.8, 4) is 0 Å². The Hall–Kier alpha value is -0.650. The van der Waals surface area contributed by atoms with Gasteiger partial charge in [0.2, 0.25) is 5.91 Å². The molecule has 1 heterocycles. The highest BCUT2D eigenvalue weighted by molar-refractivity contribution is 5.78. The van der Waals surface area contributed by atoms with Gasteiger partial charge in [-0.05, 0) is 18.9 Å². The Morgan fingerprint density at radius 2 is 2.26 bits per heavy atom. The summed E-state index contributed by atoms with van der Waals surface area (Å²) in [5.41, 5.74) is 0. The second-order valence-corrected chi connectivity index (χ2v) is 5.40. The van der Waals surface area contributed by atoms with E-state index in [1.165, 1.54) is 0 Å². The normalized spacial score (nSPS) is 24.4. The minimum atomic E-state index is 0.179. The van der Waals surface area contributed by atoms with Crippen LogP contribution in [0.1, 0.15) is 20.3 Å². The lowest BCUT2D eigenvalue weighted by molar-refractivity contribution is -0.133. The van der Waals surface area contributed by atoms with Gasteiger partial charge in [0.15, 0.2) is 0 Å². The van der Waals surface area contributed by atoms with Crippen molar-refractivity contribution < 1.29 is 9.53 Å². The van der Waals surface area contributed by atoms with Crippen LogP contribution in [0, 0.1) is 5.92 Å². The Labute approximate surface area is 117 Å². The van der Waals surface area contributed by atoms with Gasteiger partial charge in [0.05, 0.1) is 13.2 Å². The van der Waals surface area contributed by atoms with Gasteiger partial charge in [-0.1, -0.05) is 13.8 Å². The third-order valence-corrected chi connectivity index (χ3v) is 4.04. The zero-order chi connectivity index (χ0) is 14.3. The zero-order valence-electron chi connectivity index (χ0n) is 12.8. The molecule has 0 aromatic rings. The standard InChI is InChI=1S/C14H29N3O2/c1-5-17-8-6-13(12(2)11-17)16(3)14(18)10-15-7-9-19-4/h12-13,15H,5-11H2,1-4H3. The molecule has 5 nitrogen and oxygen atoms in total. The van der Waals surface area contributed by atoms with E-state index in [-0.39, 0.29) is 5.91 Å². The highest BCUT2D eigenvalue weighted by atomic mass is 16.5. The van der Waals surface area contributed by atoms with Gasteiger partial charge in [-0.3, -0.25) is 4.79 Å². The number of amides is 1. The molecule has 1 amide bonds. The van der Waals surface area contributed by atoms with Crippen LogP contribution >= 0.6 is 0 Å². The fourth-order valence-corrected chi connectivity index (χ4v) is 2.76. The molecule has 0 saturated carbocycles. The van der Waals surface area contributed by atoms with Gasteiger partial charge in [0.25, 0.3) is 0 Å². The van der Waals surface area contributed by atoms with Gasteiger partial charge in [-0.15, -0.1) is 0 Å². The molecule has 5 heteroatoms. The highest BCUT2D eigenvalue weighted by Crippen LogP contribution is 2.20. The van der Waals surface area contributed by atoms with Gasteiger partial charge in [0, 0.05) is 39.8 Å². The van der Waals surface area contributed by atoms with Crippen LogP contribution in [0.2, 0.25) is 0 Å². The van der Waals surface area contributed by atoms with Crippen molar-refractivity contribution in [2.45, 2.75) is 26.3 Å². The fraction of sp³-hybridized carbons (Fsp3) is 0.929. The van der Waals surface area contributed by atoms with Gasteiger partial charge in [0.1, 0.15) is 0 Å². The first kappa shape index (κ1) is 16.4. The molecular weight excluding hydrogens is 242 g/mol. The summed E-state index contributed by atoms with van der Waals surface area (Å²) in [5.74, 6) is 0.722. The molecule has 0 aliphatic carbocycles. The van der Waals surface area contributed by atoms with E-state index in [1.54, 1.807) is 7.11 Å². The molecule has 1 fully saturated rings. The van der Waals surface area contributed by atoms with Crippen LogP contribution in [0.15, 0.2) is 0 Å². The number of carbonyl (C=O) groups excluding carboxylic acids is 1. The second kappa shape index (κ2) is 8.51. The number of ether oxygens (including phenoxy) is 1. The molecule has 2 unspecified atom stereocenters. The minimum absolute atomic E-state index is 0.179. The molecular formula is C14H29N3O2. The Morgan fingerprint density at radius 3 is 2.84 bits per heavy atom. The van der Waals surface area contributed by atoms with Gasteiger partial charge >= 0.3 is 0 Å². The summed E-state index contributed by atoms with van der Waals surface area (Å²) < 4.78 is 4.95. The van der Waals surface area contributed by atoms with E-state index in [9.17, 15) is 4.79 Å². The third-order valence-electron chi connectivity index (χ3n) is 4.04. The average Bonchev–Trinajstić information content (AvgIpc) is 2.42. The van der Waals surface area contributed by atoms with Gasteiger partial charge in [-0.2, -0.15) is 0 Å². The van der Waals surface area contributed by atoms with E-state index in [0.717, 1.165) is 32.6 Å². The summed E-state index contributed by atoms with van der Waals surface area (Å²) in [6.45, 7) is 9.50. The number of likely N-dealkylation sites (tertiary alicyclic amines) is 1. The van der Waals surface area contributed by atoms with Crippen LogP contribution in [0.5, 0.6) is 0 Å². The molecule has 1 saturated heterocycles. The number of nitrogens with zero attached hydrogens (tertiary/aromatic N) is 2. The molecule has 1 rings (SSSR count). The summed E-state index contributed by atoms with van der Waals surface area (Å²) >= 11 is 0. The molecule has 2 atom stereocenters. The average molecular weight is 271 g/mol. The van der Waals surface area contributed by atoms with Crippen LogP contribution < -0.4 is 5.32 Å². The maximum Gasteiger partial charge on any atom is 0.236 e. The predicted molar refractivity (Wildman–Crippen MR) is 77.2 cm³/mol. The smallest absolute Gasteiger partial charge is 0.236 e. The minimum Gasteiger partial charge on any atom is -0.383 e. The molecule has 0 aromatic heterocycles. The van der Waals surface area contributed by atoms with E-state index in [0.29, 0.717) is 25.1 Å². The van der Waals surface area contributed by atoms with E-state index >= 15 is 0 Å². The first-order valence-corrected chi connectivity index (χ1v) is 7.27.